The minimum absolute atomic E-state index is 0.142. The van der Waals surface area contributed by atoms with E-state index >= 15 is 0 Å². The number of sulfonamides is 1. The van der Waals surface area contributed by atoms with E-state index in [1.165, 1.54) is 0 Å². The van der Waals surface area contributed by atoms with Crippen molar-refractivity contribution < 1.29 is 12.8 Å². The first-order valence-electron chi connectivity index (χ1n) is 6.92. The van der Waals surface area contributed by atoms with Crippen molar-refractivity contribution in [3.05, 3.63) is 16.5 Å². The van der Waals surface area contributed by atoms with Crippen LogP contribution in [0.1, 0.15) is 26.0 Å². The molecule has 21 heavy (non-hydrogen) atoms. The van der Waals surface area contributed by atoms with Crippen LogP contribution in [-0.2, 0) is 16.6 Å². The van der Waals surface area contributed by atoms with Crippen LogP contribution in [0.5, 0.6) is 0 Å². The number of hydrogen-bond donors (Lipinski definition) is 2. The van der Waals surface area contributed by atoms with E-state index in [1.54, 1.807) is 6.07 Å². The SMILES string of the molecule is CCNCc1cc(S(=O)(=O)NC(C)CCN(C)C)c(Br)o1. The van der Waals surface area contributed by atoms with Crippen molar-refractivity contribution in [1.82, 2.24) is 14.9 Å². The van der Waals surface area contributed by atoms with Gasteiger partial charge in [0.25, 0.3) is 0 Å². The average Bonchev–Trinajstić information content (AvgIpc) is 2.75. The Morgan fingerprint density at radius 3 is 2.67 bits per heavy atom. The summed E-state index contributed by atoms with van der Waals surface area (Å²) in [5.74, 6) is 0.588. The van der Waals surface area contributed by atoms with Crippen LogP contribution in [0.3, 0.4) is 0 Å². The maximum atomic E-state index is 12.4. The minimum atomic E-state index is -3.58. The van der Waals surface area contributed by atoms with Crippen LogP contribution in [0.15, 0.2) is 20.0 Å². The van der Waals surface area contributed by atoms with Gasteiger partial charge in [0.2, 0.25) is 10.0 Å². The molecule has 1 aromatic rings. The van der Waals surface area contributed by atoms with Gasteiger partial charge in [0.15, 0.2) is 4.67 Å². The van der Waals surface area contributed by atoms with Crippen LogP contribution < -0.4 is 10.0 Å². The molecule has 1 rings (SSSR count). The highest BCUT2D eigenvalue weighted by Gasteiger charge is 2.24. The molecular formula is C13H24BrN3O3S. The van der Waals surface area contributed by atoms with Gasteiger partial charge in [0.05, 0.1) is 6.54 Å². The van der Waals surface area contributed by atoms with Crippen LogP contribution in [0.25, 0.3) is 0 Å². The Bertz CT molecular complexity index is 543. The Balaban J connectivity index is 2.75. The number of rotatable bonds is 9. The van der Waals surface area contributed by atoms with Gasteiger partial charge in [-0.15, -0.1) is 0 Å². The minimum Gasteiger partial charge on any atom is -0.452 e. The van der Waals surface area contributed by atoms with Gasteiger partial charge in [-0.05, 0) is 56.5 Å². The van der Waals surface area contributed by atoms with Crippen molar-refractivity contribution >= 4 is 26.0 Å². The molecule has 0 radical (unpaired) electrons. The van der Waals surface area contributed by atoms with Crippen LogP contribution in [0.2, 0.25) is 0 Å². The second-order valence-corrected chi connectivity index (χ2v) is 7.65. The molecule has 0 saturated carbocycles. The molecule has 122 valence electrons. The topological polar surface area (TPSA) is 74.6 Å². The Labute approximate surface area is 135 Å². The van der Waals surface area contributed by atoms with Gasteiger partial charge >= 0.3 is 0 Å². The van der Waals surface area contributed by atoms with Crippen molar-refractivity contribution in [3.63, 3.8) is 0 Å². The first-order valence-corrected chi connectivity index (χ1v) is 9.20. The van der Waals surface area contributed by atoms with Crippen molar-refractivity contribution in [1.29, 1.82) is 0 Å². The fourth-order valence-corrected chi connectivity index (χ4v) is 4.03. The summed E-state index contributed by atoms with van der Waals surface area (Å²) in [4.78, 5) is 2.17. The predicted octanol–water partition coefficient (Wildman–Crippen LogP) is 1.77. The molecule has 2 N–H and O–H groups in total. The lowest BCUT2D eigenvalue weighted by atomic mass is 10.2. The quantitative estimate of drug-likeness (QED) is 0.681. The number of hydrogen-bond acceptors (Lipinski definition) is 5. The molecule has 1 atom stereocenters. The zero-order valence-electron chi connectivity index (χ0n) is 12.9. The maximum absolute atomic E-state index is 12.4. The number of halogens is 1. The molecule has 0 spiro atoms. The monoisotopic (exact) mass is 381 g/mol. The van der Waals surface area contributed by atoms with Gasteiger partial charge in [-0.3, -0.25) is 0 Å². The van der Waals surface area contributed by atoms with E-state index in [1.807, 2.05) is 32.8 Å². The average molecular weight is 382 g/mol. The lowest BCUT2D eigenvalue weighted by Crippen LogP contribution is -2.34. The zero-order valence-corrected chi connectivity index (χ0v) is 15.3. The molecule has 0 bridgehead atoms. The van der Waals surface area contributed by atoms with E-state index in [4.69, 9.17) is 4.42 Å². The van der Waals surface area contributed by atoms with E-state index in [9.17, 15) is 8.42 Å². The highest BCUT2D eigenvalue weighted by atomic mass is 79.9. The van der Waals surface area contributed by atoms with Crippen LogP contribution >= 0.6 is 15.9 Å². The number of furan rings is 1. The Morgan fingerprint density at radius 2 is 2.10 bits per heavy atom. The summed E-state index contributed by atoms with van der Waals surface area (Å²) in [6, 6.07) is 1.41. The van der Waals surface area contributed by atoms with Crippen LogP contribution in [0, 0.1) is 0 Å². The summed E-state index contributed by atoms with van der Waals surface area (Å²) in [5, 5.41) is 3.09. The van der Waals surface area contributed by atoms with Gasteiger partial charge in [-0.1, -0.05) is 6.92 Å². The van der Waals surface area contributed by atoms with E-state index in [-0.39, 0.29) is 15.6 Å². The number of nitrogens with one attached hydrogen (secondary N) is 2. The van der Waals surface area contributed by atoms with Gasteiger partial charge in [0.1, 0.15) is 10.7 Å². The summed E-state index contributed by atoms with van der Waals surface area (Å²) in [5.41, 5.74) is 0. The summed E-state index contributed by atoms with van der Waals surface area (Å²) in [6.45, 7) is 5.95. The van der Waals surface area contributed by atoms with Crippen molar-refractivity contribution in [3.8, 4) is 0 Å². The smallest absolute Gasteiger partial charge is 0.245 e. The molecular weight excluding hydrogens is 358 g/mol. The fraction of sp³-hybridized carbons (Fsp3) is 0.692. The normalized spacial score (nSPS) is 13.8. The standard InChI is InChI=1S/C13H24BrN3O3S/c1-5-15-9-11-8-12(13(14)20-11)21(18,19)16-10(2)6-7-17(3)4/h8,10,15-16H,5-7,9H2,1-4H3. The Hall–Kier alpha value is -0.410. The molecule has 0 fully saturated rings. The second-order valence-electron chi connectivity index (χ2n) is 5.25. The first-order chi connectivity index (χ1) is 9.76. The summed E-state index contributed by atoms with van der Waals surface area (Å²) < 4.78 is 33.0. The van der Waals surface area contributed by atoms with E-state index < -0.39 is 10.0 Å². The lowest BCUT2D eigenvalue weighted by molar-refractivity contribution is 0.379. The molecule has 0 aliphatic heterocycles. The predicted molar refractivity (Wildman–Crippen MR) is 86.7 cm³/mol. The Morgan fingerprint density at radius 1 is 1.43 bits per heavy atom. The van der Waals surface area contributed by atoms with Gasteiger partial charge in [0, 0.05) is 12.1 Å². The molecule has 6 nitrogen and oxygen atoms in total. The summed E-state index contributed by atoms with van der Waals surface area (Å²) in [6.07, 6.45) is 0.742. The lowest BCUT2D eigenvalue weighted by Gasteiger charge is -2.16. The highest BCUT2D eigenvalue weighted by molar-refractivity contribution is 9.10. The van der Waals surface area contributed by atoms with Crippen LogP contribution in [0.4, 0.5) is 0 Å². The third kappa shape index (κ3) is 6.07. The third-order valence-electron chi connectivity index (χ3n) is 2.91. The third-order valence-corrected chi connectivity index (χ3v) is 5.36. The van der Waals surface area contributed by atoms with E-state index in [0.717, 1.165) is 19.5 Å². The first kappa shape index (κ1) is 18.6. The summed E-state index contributed by atoms with van der Waals surface area (Å²) in [7, 11) is 0.339. The van der Waals surface area contributed by atoms with Gasteiger partial charge in [-0.2, -0.15) is 0 Å². The van der Waals surface area contributed by atoms with Crippen molar-refractivity contribution in [2.75, 3.05) is 27.2 Å². The molecule has 0 saturated heterocycles. The zero-order chi connectivity index (χ0) is 16.0. The highest BCUT2D eigenvalue weighted by Crippen LogP contribution is 2.26. The molecule has 0 amide bonds. The molecule has 1 unspecified atom stereocenters. The molecule has 0 aromatic carbocycles. The second kappa shape index (κ2) is 8.28. The Kier molecular flexibility index (Phi) is 7.35. The molecule has 0 aliphatic carbocycles. The van der Waals surface area contributed by atoms with E-state index in [2.05, 4.69) is 26.0 Å². The van der Waals surface area contributed by atoms with Crippen LogP contribution in [-0.4, -0.2) is 46.5 Å². The van der Waals surface area contributed by atoms with Crippen molar-refractivity contribution in [2.45, 2.75) is 37.8 Å². The van der Waals surface area contributed by atoms with Gasteiger partial charge in [-0.25, -0.2) is 13.1 Å². The van der Waals surface area contributed by atoms with Gasteiger partial charge < -0.3 is 14.6 Å². The molecule has 1 heterocycles. The number of nitrogens with zero attached hydrogens (tertiary/aromatic N) is 1. The molecule has 1 aromatic heterocycles. The molecule has 0 aliphatic rings. The van der Waals surface area contributed by atoms with Crippen molar-refractivity contribution in [2.24, 2.45) is 0 Å². The molecule has 8 heteroatoms. The van der Waals surface area contributed by atoms with E-state index in [0.29, 0.717) is 12.3 Å². The fourth-order valence-electron chi connectivity index (χ4n) is 1.76. The maximum Gasteiger partial charge on any atom is 0.245 e. The summed E-state index contributed by atoms with van der Waals surface area (Å²) >= 11 is 3.18. The largest absolute Gasteiger partial charge is 0.452 e.